The maximum Gasteiger partial charge on any atom is 0.308 e. The van der Waals surface area contributed by atoms with Gasteiger partial charge >= 0.3 is 5.97 Å². The SMILES string of the molecule is CCN1C(=O)c2c(O)c(=O)c(-c3nnc(Cc4ccc(F)cc4F)s3)cn2N(C)C12CCC(C(=O)OC)C2. The second-order valence-corrected chi connectivity index (χ2v) is 10.4. The summed E-state index contributed by atoms with van der Waals surface area (Å²) in [5.41, 5.74) is -1.62. The lowest BCUT2D eigenvalue weighted by molar-refractivity contribution is -0.145. The van der Waals surface area contributed by atoms with Crippen molar-refractivity contribution in [2.24, 2.45) is 5.92 Å². The summed E-state index contributed by atoms with van der Waals surface area (Å²) in [5, 5.41) is 21.3. The largest absolute Gasteiger partial charge is 0.502 e. The van der Waals surface area contributed by atoms with Crippen LogP contribution in [0.25, 0.3) is 10.6 Å². The van der Waals surface area contributed by atoms with E-state index in [0.29, 0.717) is 30.8 Å². The molecule has 1 aliphatic heterocycles. The quantitative estimate of drug-likeness (QED) is 0.487. The summed E-state index contributed by atoms with van der Waals surface area (Å²) in [6.45, 7) is 2.09. The van der Waals surface area contributed by atoms with Crippen LogP contribution >= 0.6 is 11.3 Å². The van der Waals surface area contributed by atoms with Crippen molar-refractivity contribution in [1.82, 2.24) is 19.8 Å². The molecule has 13 heteroatoms. The number of fused-ring (bicyclic) bond motifs is 1. The molecular weight excluding hydrogens is 520 g/mol. The molecule has 5 rings (SSSR count). The fourth-order valence-electron chi connectivity index (χ4n) is 5.48. The van der Waals surface area contributed by atoms with Gasteiger partial charge in [-0.2, -0.15) is 0 Å². The highest BCUT2D eigenvalue weighted by molar-refractivity contribution is 7.14. The third-order valence-electron chi connectivity index (χ3n) is 7.41. The van der Waals surface area contributed by atoms with Crippen LogP contribution in [0.2, 0.25) is 0 Å². The normalized spacial score (nSPS) is 20.8. The molecule has 0 radical (unpaired) electrons. The number of amides is 1. The van der Waals surface area contributed by atoms with Crippen molar-refractivity contribution < 1.29 is 28.2 Å². The van der Waals surface area contributed by atoms with Crippen molar-refractivity contribution >= 4 is 23.2 Å². The van der Waals surface area contributed by atoms with Gasteiger partial charge in [0.05, 0.1) is 18.6 Å². The van der Waals surface area contributed by atoms with Gasteiger partial charge in [0.2, 0.25) is 5.43 Å². The van der Waals surface area contributed by atoms with E-state index in [1.54, 1.807) is 23.9 Å². The third kappa shape index (κ3) is 3.92. The summed E-state index contributed by atoms with van der Waals surface area (Å²) in [6.07, 6.45) is 2.78. The maximum absolute atomic E-state index is 14.1. The van der Waals surface area contributed by atoms with Crippen molar-refractivity contribution in [3.63, 3.8) is 0 Å². The van der Waals surface area contributed by atoms with E-state index >= 15 is 0 Å². The number of halogens is 2. The molecule has 0 bridgehead atoms. The Labute approximate surface area is 220 Å². The van der Waals surface area contributed by atoms with Gasteiger partial charge in [-0.25, -0.2) is 8.78 Å². The number of hydrogen-bond donors (Lipinski definition) is 1. The Balaban J connectivity index is 1.55. The minimum atomic E-state index is -0.872. The zero-order valence-corrected chi connectivity index (χ0v) is 21.7. The number of hydrogen-bond acceptors (Lipinski definition) is 9. The molecule has 2 atom stereocenters. The van der Waals surface area contributed by atoms with Gasteiger partial charge in [0.15, 0.2) is 16.5 Å². The molecule has 1 amide bonds. The lowest BCUT2D eigenvalue weighted by atomic mass is 10.00. The molecule has 1 fully saturated rings. The summed E-state index contributed by atoms with van der Waals surface area (Å²) in [7, 11) is 3.06. The number of benzene rings is 1. The van der Waals surface area contributed by atoms with Crippen LogP contribution in [0.4, 0.5) is 8.78 Å². The number of aromatic nitrogens is 3. The highest BCUT2D eigenvalue weighted by Crippen LogP contribution is 2.44. The molecule has 200 valence electrons. The number of ether oxygens (including phenoxy) is 1. The van der Waals surface area contributed by atoms with Crippen LogP contribution in [0.15, 0.2) is 29.2 Å². The molecule has 1 N–H and O–H groups in total. The highest BCUT2D eigenvalue weighted by atomic mass is 32.1. The topological polar surface area (TPSA) is 118 Å². The van der Waals surface area contributed by atoms with Gasteiger partial charge in [0, 0.05) is 38.7 Å². The first kappa shape index (κ1) is 25.8. The van der Waals surface area contributed by atoms with Crippen molar-refractivity contribution in [2.75, 3.05) is 25.7 Å². The number of pyridine rings is 1. The zero-order chi connectivity index (χ0) is 27.4. The lowest BCUT2D eigenvalue weighted by Gasteiger charge is -2.52. The summed E-state index contributed by atoms with van der Waals surface area (Å²) in [6, 6.07) is 3.24. The first-order valence-corrected chi connectivity index (χ1v) is 12.8. The predicted octanol–water partition coefficient (Wildman–Crippen LogP) is 2.65. The molecule has 1 spiro atoms. The summed E-state index contributed by atoms with van der Waals surface area (Å²) in [4.78, 5) is 40.6. The minimum Gasteiger partial charge on any atom is -0.502 e. The van der Waals surface area contributed by atoms with E-state index in [4.69, 9.17) is 4.74 Å². The van der Waals surface area contributed by atoms with E-state index in [-0.39, 0.29) is 34.2 Å². The minimum absolute atomic E-state index is 0.0110. The fraction of sp³-hybridized carbons (Fsp3) is 0.400. The molecule has 2 aromatic heterocycles. The molecule has 0 saturated heterocycles. The van der Waals surface area contributed by atoms with Gasteiger partial charge in [-0.3, -0.25) is 24.1 Å². The predicted molar refractivity (Wildman–Crippen MR) is 133 cm³/mol. The van der Waals surface area contributed by atoms with Crippen LogP contribution in [-0.4, -0.2) is 63.1 Å². The van der Waals surface area contributed by atoms with Crippen LogP contribution in [0, 0.1) is 17.6 Å². The Hall–Kier alpha value is -3.87. The number of nitrogens with zero attached hydrogens (tertiary/aromatic N) is 5. The second kappa shape index (κ2) is 9.46. The molecule has 38 heavy (non-hydrogen) atoms. The lowest BCUT2D eigenvalue weighted by Crippen LogP contribution is -2.68. The van der Waals surface area contributed by atoms with Crippen molar-refractivity contribution in [3.8, 4) is 16.3 Å². The molecule has 1 aromatic carbocycles. The second-order valence-electron chi connectivity index (χ2n) is 9.35. The summed E-state index contributed by atoms with van der Waals surface area (Å²) >= 11 is 1.02. The van der Waals surface area contributed by atoms with E-state index in [2.05, 4.69) is 10.2 Å². The van der Waals surface area contributed by atoms with Gasteiger partial charge in [0.25, 0.3) is 5.91 Å². The third-order valence-corrected chi connectivity index (χ3v) is 8.37. The van der Waals surface area contributed by atoms with Gasteiger partial charge in [-0.05, 0) is 31.4 Å². The van der Waals surface area contributed by atoms with E-state index in [9.17, 15) is 28.3 Å². The maximum atomic E-state index is 14.1. The first-order chi connectivity index (χ1) is 18.1. The van der Waals surface area contributed by atoms with Gasteiger partial charge in [-0.15, -0.1) is 10.2 Å². The molecule has 2 aliphatic rings. The van der Waals surface area contributed by atoms with E-state index < -0.39 is 40.3 Å². The van der Waals surface area contributed by atoms with Crippen LogP contribution in [0.5, 0.6) is 5.75 Å². The number of carbonyl (C=O) groups excluding carboxylic acids is 2. The Morgan fingerprint density at radius 1 is 1.29 bits per heavy atom. The van der Waals surface area contributed by atoms with Crippen molar-refractivity contribution in [2.45, 2.75) is 38.3 Å². The highest BCUT2D eigenvalue weighted by Gasteiger charge is 2.54. The Kier molecular flexibility index (Phi) is 6.41. The molecule has 1 aliphatic carbocycles. The summed E-state index contributed by atoms with van der Waals surface area (Å²) < 4.78 is 33.7. The number of carbonyl (C=O) groups is 2. The van der Waals surface area contributed by atoms with Crippen molar-refractivity contribution in [1.29, 1.82) is 0 Å². The molecular formula is C25H25F2N5O5S. The summed E-state index contributed by atoms with van der Waals surface area (Å²) in [5.74, 6) is -3.43. The molecule has 3 heterocycles. The van der Waals surface area contributed by atoms with Gasteiger partial charge < -0.3 is 14.7 Å². The Morgan fingerprint density at radius 3 is 2.74 bits per heavy atom. The average Bonchev–Trinajstić information content (AvgIpc) is 3.54. The standard InChI is InChI=1S/C25H25F2N5O5S/c1-4-31-23(35)19-21(34)20(33)16(12-32(19)30(2)25(31)8-7-14(11-25)24(36)37-3)22-29-28-18(38-22)9-13-5-6-15(26)10-17(13)27/h5-6,10,12,14,34H,4,7-9,11H2,1-3H3. The van der Waals surface area contributed by atoms with E-state index in [1.165, 1.54) is 24.0 Å². The Bertz CT molecular complexity index is 1510. The molecule has 3 aromatic rings. The van der Waals surface area contributed by atoms with Gasteiger partial charge in [-0.1, -0.05) is 17.4 Å². The average molecular weight is 546 g/mol. The monoisotopic (exact) mass is 545 g/mol. The number of rotatable bonds is 5. The van der Waals surface area contributed by atoms with Crippen LogP contribution < -0.4 is 10.4 Å². The Morgan fingerprint density at radius 2 is 2.05 bits per heavy atom. The first-order valence-electron chi connectivity index (χ1n) is 12.0. The number of aromatic hydroxyl groups is 1. The zero-order valence-electron chi connectivity index (χ0n) is 20.9. The van der Waals surface area contributed by atoms with Crippen molar-refractivity contribution in [3.05, 3.63) is 62.5 Å². The fourth-order valence-corrected chi connectivity index (χ4v) is 6.35. The van der Waals surface area contributed by atoms with Crippen LogP contribution in [-0.2, 0) is 16.0 Å². The molecule has 1 saturated carbocycles. The molecule has 10 nitrogen and oxygen atoms in total. The number of methoxy groups -OCH3 is 1. The van der Waals surface area contributed by atoms with Crippen LogP contribution in [0.1, 0.15) is 47.2 Å². The smallest absolute Gasteiger partial charge is 0.308 e. The van der Waals surface area contributed by atoms with E-state index in [0.717, 1.165) is 23.5 Å². The van der Waals surface area contributed by atoms with Gasteiger partial charge in [0.1, 0.15) is 22.3 Å². The van der Waals surface area contributed by atoms with Crippen LogP contribution in [0.3, 0.4) is 0 Å². The number of esters is 1. The molecule has 2 unspecified atom stereocenters. The van der Waals surface area contributed by atoms with E-state index in [1.807, 2.05) is 0 Å².